The van der Waals surface area contributed by atoms with Crippen molar-refractivity contribution in [2.24, 2.45) is 5.73 Å². The molecule has 1 aliphatic rings. The molecule has 1 aliphatic carbocycles. The molecular weight excluding hydrogens is 229 g/mol. The Morgan fingerprint density at radius 3 is 2.89 bits per heavy atom. The van der Waals surface area contributed by atoms with Gasteiger partial charge in [0.1, 0.15) is 5.82 Å². The van der Waals surface area contributed by atoms with E-state index in [1.165, 1.54) is 18.6 Å². The first-order valence-corrected chi connectivity index (χ1v) is 6.21. The lowest BCUT2D eigenvalue weighted by molar-refractivity contribution is 0.216. The first-order valence-electron chi connectivity index (χ1n) is 6.21. The molecule has 18 heavy (non-hydrogen) atoms. The second-order valence-corrected chi connectivity index (χ2v) is 5.13. The zero-order valence-corrected chi connectivity index (χ0v) is 10.1. The van der Waals surface area contributed by atoms with Gasteiger partial charge < -0.3 is 10.3 Å². The number of halogens is 1. The zero-order valence-electron chi connectivity index (χ0n) is 10.1. The van der Waals surface area contributed by atoms with Gasteiger partial charge in [0.2, 0.25) is 0 Å². The number of imidazole rings is 1. The fraction of sp³-hybridized carbons (Fsp3) is 0.357. The lowest BCUT2D eigenvalue weighted by Crippen LogP contribution is -2.49. The summed E-state index contributed by atoms with van der Waals surface area (Å²) in [4.78, 5) is 4.16. The molecule has 0 amide bonds. The largest absolute Gasteiger partial charge is 0.329 e. The molecular formula is C14H16FN3. The average molecular weight is 245 g/mol. The van der Waals surface area contributed by atoms with Gasteiger partial charge in [-0.2, -0.15) is 0 Å². The topological polar surface area (TPSA) is 43.8 Å². The Morgan fingerprint density at radius 2 is 2.22 bits per heavy atom. The van der Waals surface area contributed by atoms with E-state index in [2.05, 4.69) is 4.98 Å². The lowest BCUT2D eigenvalue weighted by Gasteiger charge is -2.38. The molecule has 1 aromatic carbocycles. The maximum Gasteiger partial charge on any atom is 0.123 e. The van der Waals surface area contributed by atoms with E-state index >= 15 is 0 Å². The van der Waals surface area contributed by atoms with Crippen molar-refractivity contribution < 1.29 is 4.39 Å². The molecule has 94 valence electrons. The van der Waals surface area contributed by atoms with Crippen molar-refractivity contribution in [3.8, 4) is 11.3 Å². The molecule has 1 heterocycles. The fourth-order valence-corrected chi connectivity index (χ4v) is 2.46. The van der Waals surface area contributed by atoms with Crippen molar-refractivity contribution in [3.05, 3.63) is 42.6 Å². The summed E-state index contributed by atoms with van der Waals surface area (Å²) < 4.78 is 15.3. The van der Waals surface area contributed by atoms with Crippen molar-refractivity contribution >= 4 is 0 Å². The molecule has 1 fully saturated rings. The van der Waals surface area contributed by atoms with E-state index in [0.717, 1.165) is 30.6 Å². The summed E-state index contributed by atoms with van der Waals surface area (Å²) in [5.41, 5.74) is 7.91. The predicted molar refractivity (Wildman–Crippen MR) is 68.4 cm³/mol. The first-order chi connectivity index (χ1) is 8.66. The Hall–Kier alpha value is -1.68. The van der Waals surface area contributed by atoms with Crippen LogP contribution in [-0.4, -0.2) is 15.1 Å². The molecule has 3 rings (SSSR count). The van der Waals surface area contributed by atoms with Gasteiger partial charge in [-0.3, -0.25) is 0 Å². The van der Waals surface area contributed by atoms with Gasteiger partial charge in [-0.15, -0.1) is 0 Å². The van der Waals surface area contributed by atoms with E-state index in [4.69, 9.17) is 5.73 Å². The number of nitrogens with two attached hydrogens (primary N) is 1. The number of aromatic nitrogens is 2. The van der Waals surface area contributed by atoms with Crippen molar-refractivity contribution in [1.82, 2.24) is 9.55 Å². The maximum absolute atomic E-state index is 13.3. The van der Waals surface area contributed by atoms with Crippen LogP contribution in [-0.2, 0) is 6.54 Å². The summed E-state index contributed by atoms with van der Waals surface area (Å²) in [5, 5.41) is 0. The number of hydrogen-bond acceptors (Lipinski definition) is 2. The van der Waals surface area contributed by atoms with E-state index < -0.39 is 0 Å². The Balaban J connectivity index is 1.91. The van der Waals surface area contributed by atoms with Crippen LogP contribution in [0.25, 0.3) is 11.3 Å². The van der Waals surface area contributed by atoms with Gasteiger partial charge in [0, 0.05) is 17.6 Å². The summed E-state index contributed by atoms with van der Waals surface area (Å²) in [5.74, 6) is -0.230. The predicted octanol–water partition coefficient (Wildman–Crippen LogP) is 2.57. The van der Waals surface area contributed by atoms with Crippen LogP contribution >= 0.6 is 0 Å². The van der Waals surface area contributed by atoms with Gasteiger partial charge in [0.25, 0.3) is 0 Å². The molecule has 0 atom stereocenters. The van der Waals surface area contributed by atoms with Crippen molar-refractivity contribution in [2.75, 3.05) is 0 Å². The molecule has 0 saturated heterocycles. The van der Waals surface area contributed by atoms with Gasteiger partial charge in [-0.05, 0) is 31.4 Å². The molecule has 0 aliphatic heterocycles. The first kappa shape index (κ1) is 11.4. The van der Waals surface area contributed by atoms with Gasteiger partial charge in [0.05, 0.1) is 18.2 Å². The Labute approximate surface area is 105 Å². The fourth-order valence-electron chi connectivity index (χ4n) is 2.46. The van der Waals surface area contributed by atoms with Gasteiger partial charge in [0.15, 0.2) is 0 Å². The van der Waals surface area contributed by atoms with Crippen LogP contribution in [0.1, 0.15) is 19.3 Å². The molecule has 2 N–H and O–H groups in total. The molecule has 1 aromatic heterocycles. The second-order valence-electron chi connectivity index (χ2n) is 5.13. The molecule has 2 aromatic rings. The SMILES string of the molecule is NC1(Cn2cncc2-c2cccc(F)c2)CCC1. The molecule has 1 saturated carbocycles. The summed E-state index contributed by atoms with van der Waals surface area (Å²) in [6, 6.07) is 6.57. The standard InChI is InChI=1S/C14H16FN3/c15-12-4-1-3-11(7-12)13-8-17-10-18(13)9-14(16)5-2-6-14/h1,3-4,7-8,10H,2,5-6,9,16H2. The van der Waals surface area contributed by atoms with Gasteiger partial charge in [-0.1, -0.05) is 12.1 Å². The Morgan fingerprint density at radius 1 is 1.39 bits per heavy atom. The van der Waals surface area contributed by atoms with E-state index in [0.29, 0.717) is 0 Å². The second kappa shape index (κ2) is 4.21. The van der Waals surface area contributed by atoms with Crippen LogP contribution in [0.5, 0.6) is 0 Å². The quantitative estimate of drug-likeness (QED) is 0.903. The van der Waals surface area contributed by atoms with Gasteiger partial charge >= 0.3 is 0 Å². The molecule has 0 bridgehead atoms. The summed E-state index contributed by atoms with van der Waals surface area (Å²) in [6.45, 7) is 0.749. The minimum atomic E-state index is -0.230. The van der Waals surface area contributed by atoms with Crippen LogP contribution < -0.4 is 5.73 Å². The number of nitrogens with zero attached hydrogens (tertiary/aromatic N) is 2. The molecule has 0 unspecified atom stereocenters. The lowest BCUT2D eigenvalue weighted by atomic mass is 9.77. The Kier molecular flexibility index (Phi) is 2.67. The molecule has 0 spiro atoms. The van der Waals surface area contributed by atoms with Crippen LogP contribution in [0.4, 0.5) is 4.39 Å². The highest BCUT2D eigenvalue weighted by atomic mass is 19.1. The van der Waals surface area contributed by atoms with E-state index in [1.54, 1.807) is 18.6 Å². The van der Waals surface area contributed by atoms with E-state index in [-0.39, 0.29) is 11.4 Å². The minimum Gasteiger partial charge on any atom is -0.329 e. The van der Waals surface area contributed by atoms with Crippen molar-refractivity contribution in [1.29, 1.82) is 0 Å². The van der Waals surface area contributed by atoms with E-state index in [9.17, 15) is 4.39 Å². The van der Waals surface area contributed by atoms with Crippen molar-refractivity contribution in [2.45, 2.75) is 31.3 Å². The highest BCUT2D eigenvalue weighted by Gasteiger charge is 2.33. The number of benzene rings is 1. The third-order valence-corrected chi connectivity index (χ3v) is 3.67. The third kappa shape index (κ3) is 2.04. The summed E-state index contributed by atoms with van der Waals surface area (Å²) in [6.07, 6.45) is 6.83. The summed E-state index contributed by atoms with van der Waals surface area (Å²) >= 11 is 0. The minimum absolute atomic E-state index is 0.108. The highest BCUT2D eigenvalue weighted by molar-refractivity contribution is 5.58. The average Bonchev–Trinajstić information content (AvgIpc) is 2.75. The van der Waals surface area contributed by atoms with Crippen LogP contribution in [0.15, 0.2) is 36.8 Å². The van der Waals surface area contributed by atoms with E-state index in [1.807, 2.05) is 10.6 Å². The number of hydrogen-bond donors (Lipinski definition) is 1. The van der Waals surface area contributed by atoms with Crippen LogP contribution in [0, 0.1) is 5.82 Å². The zero-order chi connectivity index (χ0) is 12.6. The van der Waals surface area contributed by atoms with Gasteiger partial charge in [-0.25, -0.2) is 9.37 Å². The molecule has 0 radical (unpaired) electrons. The molecule has 3 nitrogen and oxygen atoms in total. The third-order valence-electron chi connectivity index (χ3n) is 3.67. The van der Waals surface area contributed by atoms with Crippen LogP contribution in [0.2, 0.25) is 0 Å². The highest BCUT2D eigenvalue weighted by Crippen LogP contribution is 2.32. The molecule has 4 heteroatoms. The smallest absolute Gasteiger partial charge is 0.123 e. The monoisotopic (exact) mass is 245 g/mol. The Bertz CT molecular complexity index is 558. The van der Waals surface area contributed by atoms with Crippen LogP contribution in [0.3, 0.4) is 0 Å². The normalized spacial score (nSPS) is 17.4. The van der Waals surface area contributed by atoms with Crippen molar-refractivity contribution in [3.63, 3.8) is 0 Å². The maximum atomic E-state index is 13.3. The summed E-state index contributed by atoms with van der Waals surface area (Å²) in [7, 11) is 0. The number of rotatable bonds is 3.